The molecular formula is C18H15BrN2O. The molecule has 4 heteroatoms. The van der Waals surface area contributed by atoms with E-state index < -0.39 is 0 Å². The molecule has 0 fully saturated rings. The van der Waals surface area contributed by atoms with Gasteiger partial charge in [0.25, 0.3) is 5.91 Å². The summed E-state index contributed by atoms with van der Waals surface area (Å²) in [6.07, 6.45) is 1.75. The number of carbonyl (C=O) groups excluding carboxylic acids is 1. The smallest absolute Gasteiger partial charge is 0.255 e. The van der Waals surface area contributed by atoms with Crippen LogP contribution in [0.1, 0.15) is 21.5 Å². The Bertz CT molecular complexity index is 857. The van der Waals surface area contributed by atoms with Crippen LogP contribution < -0.4 is 5.32 Å². The zero-order chi connectivity index (χ0) is 15.7. The van der Waals surface area contributed by atoms with Gasteiger partial charge in [-0.2, -0.15) is 0 Å². The molecule has 0 saturated heterocycles. The highest BCUT2D eigenvalue weighted by atomic mass is 79.9. The third-order valence-corrected chi connectivity index (χ3v) is 4.17. The molecule has 1 aromatic heterocycles. The fourth-order valence-electron chi connectivity index (χ4n) is 2.53. The van der Waals surface area contributed by atoms with Gasteiger partial charge >= 0.3 is 0 Å². The molecule has 1 N–H and O–H groups in total. The second-order valence-corrected chi connectivity index (χ2v) is 6.16. The van der Waals surface area contributed by atoms with E-state index in [2.05, 4.69) is 39.2 Å². The monoisotopic (exact) mass is 354 g/mol. The van der Waals surface area contributed by atoms with Gasteiger partial charge in [-0.1, -0.05) is 28.1 Å². The first kappa shape index (κ1) is 14.7. The Morgan fingerprint density at radius 3 is 2.55 bits per heavy atom. The lowest BCUT2D eigenvalue weighted by atomic mass is 10.0. The molecule has 0 unspecified atom stereocenters. The van der Waals surface area contributed by atoms with Gasteiger partial charge in [0.05, 0.1) is 11.2 Å². The minimum absolute atomic E-state index is 0.133. The van der Waals surface area contributed by atoms with Crippen LogP contribution in [-0.2, 0) is 0 Å². The molecule has 3 nitrogen and oxygen atoms in total. The Labute approximate surface area is 137 Å². The van der Waals surface area contributed by atoms with Gasteiger partial charge < -0.3 is 5.32 Å². The fourth-order valence-corrected chi connectivity index (χ4v) is 2.79. The van der Waals surface area contributed by atoms with Crippen molar-refractivity contribution in [1.29, 1.82) is 0 Å². The van der Waals surface area contributed by atoms with Crippen LogP contribution in [0, 0.1) is 13.8 Å². The maximum Gasteiger partial charge on any atom is 0.255 e. The Kier molecular flexibility index (Phi) is 3.94. The summed E-state index contributed by atoms with van der Waals surface area (Å²) in [5, 5.41) is 4.05. The van der Waals surface area contributed by atoms with Crippen LogP contribution in [0.4, 0.5) is 5.69 Å². The molecule has 3 aromatic rings. The summed E-state index contributed by atoms with van der Waals surface area (Å²) in [6.45, 7) is 4.04. The summed E-state index contributed by atoms with van der Waals surface area (Å²) in [4.78, 5) is 16.9. The summed E-state index contributed by atoms with van der Waals surface area (Å²) in [5.74, 6) is -0.133. The van der Waals surface area contributed by atoms with Crippen molar-refractivity contribution in [3.63, 3.8) is 0 Å². The molecule has 0 aliphatic heterocycles. The SMILES string of the molecule is Cc1cc(C)c2cccnc2c1NC(=O)c1ccc(Br)cc1. The van der Waals surface area contributed by atoms with Crippen molar-refractivity contribution in [2.24, 2.45) is 0 Å². The minimum atomic E-state index is -0.133. The number of pyridine rings is 1. The Balaban J connectivity index is 2.03. The molecule has 0 spiro atoms. The van der Waals surface area contributed by atoms with Crippen LogP contribution >= 0.6 is 15.9 Å². The number of nitrogens with zero attached hydrogens (tertiary/aromatic N) is 1. The topological polar surface area (TPSA) is 42.0 Å². The number of amides is 1. The van der Waals surface area contributed by atoms with Gasteiger partial charge in [-0.25, -0.2) is 0 Å². The van der Waals surface area contributed by atoms with Gasteiger partial charge in [-0.05, 0) is 55.3 Å². The predicted molar refractivity (Wildman–Crippen MR) is 93.3 cm³/mol. The zero-order valence-corrected chi connectivity index (χ0v) is 13.9. The summed E-state index contributed by atoms with van der Waals surface area (Å²) in [7, 11) is 0. The van der Waals surface area contributed by atoms with Crippen molar-refractivity contribution in [3.05, 3.63) is 69.8 Å². The predicted octanol–water partition coefficient (Wildman–Crippen LogP) is 4.87. The first-order valence-electron chi connectivity index (χ1n) is 6.98. The van der Waals surface area contributed by atoms with Crippen molar-refractivity contribution < 1.29 is 4.79 Å². The number of aromatic nitrogens is 1. The number of carbonyl (C=O) groups is 1. The molecule has 22 heavy (non-hydrogen) atoms. The van der Waals surface area contributed by atoms with E-state index in [1.807, 2.05) is 31.2 Å². The molecule has 0 saturated carbocycles. The van der Waals surface area contributed by atoms with Gasteiger partial charge in [0, 0.05) is 21.6 Å². The standard InChI is InChI=1S/C18H15BrN2O/c1-11-10-12(2)16(17-15(11)4-3-9-20-17)21-18(22)13-5-7-14(19)8-6-13/h3-10H,1-2H3,(H,21,22). The van der Waals surface area contributed by atoms with E-state index in [9.17, 15) is 4.79 Å². The lowest BCUT2D eigenvalue weighted by Gasteiger charge is -2.13. The van der Waals surface area contributed by atoms with E-state index >= 15 is 0 Å². The average Bonchev–Trinajstić information content (AvgIpc) is 2.52. The molecule has 1 amide bonds. The van der Waals surface area contributed by atoms with Crippen molar-refractivity contribution in [2.45, 2.75) is 13.8 Å². The highest BCUT2D eigenvalue weighted by molar-refractivity contribution is 9.10. The summed E-state index contributed by atoms with van der Waals surface area (Å²) in [6, 6.07) is 13.3. The van der Waals surface area contributed by atoms with Crippen LogP contribution in [0.3, 0.4) is 0 Å². The number of halogens is 1. The number of anilines is 1. The number of hydrogen-bond acceptors (Lipinski definition) is 2. The third-order valence-electron chi connectivity index (χ3n) is 3.64. The molecule has 0 bridgehead atoms. The molecule has 1 heterocycles. The molecule has 0 aliphatic rings. The number of nitrogens with one attached hydrogen (secondary N) is 1. The summed E-state index contributed by atoms with van der Waals surface area (Å²) >= 11 is 3.37. The van der Waals surface area contributed by atoms with E-state index in [1.165, 1.54) is 0 Å². The molecule has 0 radical (unpaired) electrons. The first-order valence-corrected chi connectivity index (χ1v) is 7.77. The van der Waals surface area contributed by atoms with Gasteiger partial charge in [0.1, 0.15) is 0 Å². The number of fused-ring (bicyclic) bond motifs is 1. The quantitative estimate of drug-likeness (QED) is 0.713. The van der Waals surface area contributed by atoms with E-state index in [0.717, 1.165) is 32.2 Å². The van der Waals surface area contributed by atoms with Gasteiger partial charge in [-0.15, -0.1) is 0 Å². The van der Waals surface area contributed by atoms with Crippen molar-refractivity contribution in [1.82, 2.24) is 4.98 Å². The molecule has 2 aromatic carbocycles. The summed E-state index contributed by atoms with van der Waals surface area (Å²) < 4.78 is 0.947. The highest BCUT2D eigenvalue weighted by Gasteiger charge is 2.13. The molecule has 0 atom stereocenters. The van der Waals surface area contributed by atoms with E-state index in [1.54, 1.807) is 18.3 Å². The van der Waals surface area contributed by atoms with Crippen LogP contribution in [0.5, 0.6) is 0 Å². The van der Waals surface area contributed by atoms with Gasteiger partial charge in [0.15, 0.2) is 0 Å². The highest BCUT2D eigenvalue weighted by Crippen LogP contribution is 2.28. The minimum Gasteiger partial charge on any atom is -0.320 e. The van der Waals surface area contributed by atoms with Gasteiger partial charge in [0.2, 0.25) is 0 Å². The zero-order valence-electron chi connectivity index (χ0n) is 12.4. The van der Waals surface area contributed by atoms with Crippen LogP contribution in [0.15, 0.2) is 53.1 Å². The number of hydrogen-bond donors (Lipinski definition) is 1. The summed E-state index contributed by atoms with van der Waals surface area (Å²) in [5.41, 5.74) is 4.38. The second kappa shape index (κ2) is 5.89. The van der Waals surface area contributed by atoms with Crippen LogP contribution in [0.25, 0.3) is 10.9 Å². The first-order chi connectivity index (χ1) is 10.6. The Morgan fingerprint density at radius 1 is 1.09 bits per heavy atom. The van der Waals surface area contributed by atoms with Gasteiger partial charge in [-0.3, -0.25) is 9.78 Å². The van der Waals surface area contributed by atoms with E-state index in [4.69, 9.17) is 0 Å². The molecule has 110 valence electrons. The second-order valence-electron chi connectivity index (χ2n) is 5.25. The third kappa shape index (κ3) is 2.74. The largest absolute Gasteiger partial charge is 0.320 e. The lowest BCUT2D eigenvalue weighted by Crippen LogP contribution is -2.13. The van der Waals surface area contributed by atoms with Crippen LogP contribution in [0.2, 0.25) is 0 Å². The maximum absolute atomic E-state index is 12.5. The molecular weight excluding hydrogens is 340 g/mol. The molecule has 3 rings (SSSR count). The normalized spacial score (nSPS) is 10.7. The Hall–Kier alpha value is -2.20. The van der Waals surface area contributed by atoms with Crippen molar-refractivity contribution in [2.75, 3.05) is 5.32 Å². The average molecular weight is 355 g/mol. The van der Waals surface area contributed by atoms with E-state index in [0.29, 0.717) is 5.56 Å². The van der Waals surface area contributed by atoms with E-state index in [-0.39, 0.29) is 5.91 Å². The maximum atomic E-state index is 12.5. The fraction of sp³-hybridized carbons (Fsp3) is 0.111. The van der Waals surface area contributed by atoms with Crippen molar-refractivity contribution in [3.8, 4) is 0 Å². The number of rotatable bonds is 2. The van der Waals surface area contributed by atoms with Crippen molar-refractivity contribution >= 4 is 38.4 Å². The Morgan fingerprint density at radius 2 is 1.82 bits per heavy atom. The number of aryl methyl sites for hydroxylation is 2. The van der Waals surface area contributed by atoms with Crippen LogP contribution in [-0.4, -0.2) is 10.9 Å². The molecule has 0 aliphatic carbocycles. The number of benzene rings is 2. The lowest BCUT2D eigenvalue weighted by molar-refractivity contribution is 0.102.